The van der Waals surface area contributed by atoms with Crippen molar-refractivity contribution < 1.29 is 33.9 Å². The maximum absolute atomic E-state index is 13.6. The number of carboxylic acid groups (broad SMARTS) is 1. The van der Waals surface area contributed by atoms with Crippen LogP contribution in [0.4, 0.5) is 4.79 Å². The van der Waals surface area contributed by atoms with Crippen molar-refractivity contribution in [3.63, 3.8) is 0 Å². The molecule has 0 bridgehead atoms. The average Bonchev–Trinajstić information content (AvgIpc) is 3.01. The van der Waals surface area contributed by atoms with E-state index in [-0.39, 0.29) is 44.1 Å². The Kier molecular flexibility index (Phi) is 15.4. The van der Waals surface area contributed by atoms with Gasteiger partial charge in [-0.25, -0.2) is 4.79 Å². The van der Waals surface area contributed by atoms with E-state index in [1.807, 2.05) is 13.8 Å². The van der Waals surface area contributed by atoms with E-state index in [4.69, 9.17) is 16.9 Å². The Labute approximate surface area is 273 Å². The first-order chi connectivity index (χ1) is 22.3. The SMILES string of the molecule is CC(C)CC(NC(=O)C(Cc1ccccc1)NC(=O)O)C(=O)NC(Cc1ccccc1)C(=O)C(=O)NC(CCCNC(=N)N)C(N)=O. The van der Waals surface area contributed by atoms with Gasteiger partial charge in [-0.3, -0.25) is 29.4 Å². The highest BCUT2D eigenvalue weighted by Gasteiger charge is 2.33. The van der Waals surface area contributed by atoms with Gasteiger partial charge in [0.2, 0.25) is 23.5 Å². The summed E-state index contributed by atoms with van der Waals surface area (Å²) in [4.78, 5) is 77.0. The Balaban J connectivity index is 2.26. The summed E-state index contributed by atoms with van der Waals surface area (Å²) in [5.41, 5.74) is 12.0. The van der Waals surface area contributed by atoms with Crippen LogP contribution in [-0.4, -0.2) is 77.3 Å². The summed E-state index contributed by atoms with van der Waals surface area (Å²) in [6.45, 7) is 3.87. The molecule has 47 heavy (non-hydrogen) atoms. The molecule has 4 unspecified atom stereocenters. The fraction of sp³-hybridized carbons (Fsp3) is 0.406. The number of hydrogen-bond donors (Lipinski definition) is 9. The summed E-state index contributed by atoms with van der Waals surface area (Å²) in [6, 6.07) is 12.4. The van der Waals surface area contributed by atoms with Crippen molar-refractivity contribution in [2.75, 3.05) is 6.54 Å². The van der Waals surface area contributed by atoms with Gasteiger partial charge in [0.15, 0.2) is 5.96 Å². The molecule has 2 aromatic carbocycles. The Hall–Kier alpha value is -5.47. The average molecular weight is 653 g/mol. The lowest BCUT2D eigenvalue weighted by Crippen LogP contribution is -2.58. The smallest absolute Gasteiger partial charge is 0.405 e. The van der Waals surface area contributed by atoms with Crippen LogP contribution in [0.2, 0.25) is 0 Å². The second-order valence-electron chi connectivity index (χ2n) is 11.4. The Bertz CT molecular complexity index is 1390. The number of benzene rings is 2. The molecule has 0 saturated heterocycles. The van der Waals surface area contributed by atoms with Crippen LogP contribution < -0.4 is 38.1 Å². The minimum Gasteiger partial charge on any atom is -0.465 e. The summed E-state index contributed by atoms with van der Waals surface area (Å²) in [5.74, 6) is -4.94. The third kappa shape index (κ3) is 14.0. The largest absolute Gasteiger partial charge is 0.465 e. The van der Waals surface area contributed by atoms with Gasteiger partial charge in [0.25, 0.3) is 5.91 Å². The van der Waals surface area contributed by atoms with Crippen molar-refractivity contribution in [2.24, 2.45) is 17.4 Å². The molecule has 0 aliphatic carbocycles. The van der Waals surface area contributed by atoms with E-state index < -0.39 is 59.7 Å². The van der Waals surface area contributed by atoms with E-state index in [1.54, 1.807) is 60.7 Å². The Morgan fingerprint density at radius 3 is 1.72 bits per heavy atom. The minimum absolute atomic E-state index is 0.0239. The van der Waals surface area contributed by atoms with Crippen LogP contribution in [0.25, 0.3) is 0 Å². The topological polar surface area (TPSA) is 259 Å². The summed E-state index contributed by atoms with van der Waals surface area (Å²) in [5, 5.41) is 28.9. The molecule has 11 N–H and O–H groups in total. The highest BCUT2D eigenvalue weighted by molar-refractivity contribution is 6.38. The van der Waals surface area contributed by atoms with Gasteiger partial charge in [-0.15, -0.1) is 0 Å². The lowest BCUT2D eigenvalue weighted by molar-refractivity contribution is -0.141. The Morgan fingerprint density at radius 2 is 1.23 bits per heavy atom. The van der Waals surface area contributed by atoms with E-state index in [0.717, 1.165) is 0 Å². The van der Waals surface area contributed by atoms with Gasteiger partial charge in [0.05, 0.1) is 0 Å². The molecule has 0 aliphatic heterocycles. The lowest BCUT2D eigenvalue weighted by atomic mass is 9.98. The fourth-order valence-electron chi connectivity index (χ4n) is 4.72. The molecule has 0 spiro atoms. The summed E-state index contributed by atoms with van der Waals surface area (Å²) in [6.07, 6.45) is -0.988. The molecule has 5 amide bonds. The molecule has 15 heteroatoms. The zero-order valence-corrected chi connectivity index (χ0v) is 26.5. The molecule has 0 aliphatic rings. The van der Waals surface area contributed by atoms with E-state index in [9.17, 15) is 33.9 Å². The van der Waals surface area contributed by atoms with Crippen molar-refractivity contribution in [3.8, 4) is 0 Å². The number of carbonyl (C=O) groups excluding carboxylic acids is 5. The molecule has 0 saturated carbocycles. The zero-order valence-electron chi connectivity index (χ0n) is 26.5. The maximum atomic E-state index is 13.6. The number of hydrogen-bond acceptors (Lipinski definition) is 7. The van der Waals surface area contributed by atoms with Crippen LogP contribution in [0.15, 0.2) is 60.7 Å². The van der Waals surface area contributed by atoms with Gasteiger partial charge < -0.3 is 43.2 Å². The standard InChI is InChI=1S/C32H44N8O7/c1-19(2)16-24(39-29(44)25(40-32(46)47)18-21-12-7-4-8-13-21)28(43)38-23(17-20-10-5-3-6-11-20)26(41)30(45)37-22(27(33)42)14-9-15-36-31(34)35/h3-8,10-13,19,22-25,40H,9,14-18H2,1-2H3,(H2,33,42)(H,37,45)(H,38,43)(H,39,44)(H,46,47)(H4,34,35,36). The maximum Gasteiger partial charge on any atom is 0.405 e. The summed E-state index contributed by atoms with van der Waals surface area (Å²) in [7, 11) is 0. The van der Waals surface area contributed by atoms with Gasteiger partial charge >= 0.3 is 6.09 Å². The highest BCUT2D eigenvalue weighted by atomic mass is 16.4. The van der Waals surface area contributed by atoms with Crippen molar-refractivity contribution in [1.82, 2.24) is 26.6 Å². The molecule has 4 atom stereocenters. The van der Waals surface area contributed by atoms with E-state index >= 15 is 0 Å². The first-order valence-corrected chi connectivity index (χ1v) is 15.2. The van der Waals surface area contributed by atoms with Crippen LogP contribution in [0.5, 0.6) is 0 Å². The van der Waals surface area contributed by atoms with Crippen LogP contribution in [0.1, 0.15) is 44.2 Å². The molecule has 0 heterocycles. The molecular formula is C32H44N8O7. The second-order valence-corrected chi connectivity index (χ2v) is 11.4. The van der Waals surface area contributed by atoms with E-state index in [2.05, 4.69) is 26.6 Å². The molecule has 0 aromatic heterocycles. The van der Waals surface area contributed by atoms with Gasteiger partial charge in [-0.1, -0.05) is 74.5 Å². The van der Waals surface area contributed by atoms with E-state index in [0.29, 0.717) is 17.5 Å². The monoisotopic (exact) mass is 652 g/mol. The molecule has 15 nitrogen and oxygen atoms in total. The quantitative estimate of drug-likeness (QED) is 0.0425. The summed E-state index contributed by atoms with van der Waals surface area (Å²) < 4.78 is 0. The van der Waals surface area contributed by atoms with Gasteiger partial charge in [0, 0.05) is 19.4 Å². The van der Waals surface area contributed by atoms with Gasteiger partial charge in [-0.2, -0.15) is 0 Å². The minimum atomic E-state index is -1.42. The number of ketones is 1. The number of Topliss-reactive ketones (excluding diaryl/α,β-unsaturated/α-hetero) is 1. The highest BCUT2D eigenvalue weighted by Crippen LogP contribution is 2.11. The number of nitrogens with one attached hydrogen (secondary N) is 6. The van der Waals surface area contributed by atoms with E-state index in [1.165, 1.54) is 0 Å². The van der Waals surface area contributed by atoms with Gasteiger partial charge in [-0.05, 0) is 36.3 Å². The lowest BCUT2D eigenvalue weighted by Gasteiger charge is -2.26. The third-order valence-corrected chi connectivity index (χ3v) is 7.01. The first-order valence-electron chi connectivity index (χ1n) is 15.2. The number of rotatable bonds is 19. The second kappa shape index (κ2) is 19.1. The first kappa shape index (κ1) is 37.7. The zero-order chi connectivity index (χ0) is 34.9. The summed E-state index contributed by atoms with van der Waals surface area (Å²) >= 11 is 0. The molecule has 254 valence electrons. The third-order valence-electron chi connectivity index (χ3n) is 7.01. The fourth-order valence-corrected chi connectivity index (χ4v) is 4.72. The molecular weight excluding hydrogens is 608 g/mol. The molecule has 2 aromatic rings. The number of guanidine groups is 1. The number of carbonyl (C=O) groups is 6. The van der Waals surface area contributed by atoms with Crippen molar-refractivity contribution in [1.29, 1.82) is 5.41 Å². The van der Waals surface area contributed by atoms with Crippen LogP contribution in [0.3, 0.4) is 0 Å². The Morgan fingerprint density at radius 1 is 0.723 bits per heavy atom. The predicted octanol–water partition coefficient (Wildman–Crippen LogP) is -0.0738. The normalized spacial score (nSPS) is 13.3. The van der Waals surface area contributed by atoms with Crippen molar-refractivity contribution in [2.45, 2.75) is 70.1 Å². The van der Waals surface area contributed by atoms with Crippen LogP contribution in [-0.2, 0) is 36.8 Å². The van der Waals surface area contributed by atoms with Crippen LogP contribution in [0, 0.1) is 11.3 Å². The van der Waals surface area contributed by atoms with Gasteiger partial charge in [0.1, 0.15) is 24.2 Å². The molecule has 0 fully saturated rings. The number of primary amides is 1. The number of nitrogens with two attached hydrogens (primary N) is 2. The van der Waals surface area contributed by atoms with Crippen LogP contribution >= 0.6 is 0 Å². The van der Waals surface area contributed by atoms with Crippen molar-refractivity contribution in [3.05, 3.63) is 71.8 Å². The van der Waals surface area contributed by atoms with Crippen molar-refractivity contribution >= 4 is 41.5 Å². The molecule has 0 radical (unpaired) electrons. The molecule has 2 rings (SSSR count). The predicted molar refractivity (Wildman–Crippen MR) is 174 cm³/mol. The number of amides is 5.